The number of aliphatic carboxylic acids is 2. The molecule has 0 saturated carbocycles. The van der Waals surface area contributed by atoms with Gasteiger partial charge in [0.2, 0.25) is 0 Å². The van der Waals surface area contributed by atoms with Crippen LogP contribution in [0.5, 0.6) is 0 Å². The predicted octanol–water partition coefficient (Wildman–Crippen LogP) is 1.48. The topological polar surface area (TPSA) is 74.6 Å². The molecule has 96 valence electrons. The van der Waals surface area contributed by atoms with Gasteiger partial charge in [0.1, 0.15) is 0 Å². The molecule has 0 atom stereocenters. The lowest BCUT2D eigenvalue weighted by atomic mass is 10.1. The highest BCUT2D eigenvalue weighted by molar-refractivity contribution is 5.85. The van der Waals surface area contributed by atoms with Gasteiger partial charge in [-0.1, -0.05) is 0 Å². The summed E-state index contributed by atoms with van der Waals surface area (Å²) in [6.45, 7) is 0. The summed E-state index contributed by atoms with van der Waals surface area (Å²) in [6.07, 6.45) is 0. The standard InChI is InChI=1S/C5H2F6O4.ClH/c6-3(7,1(12)13)5(10,11)4(8,9)2(14)15;/h(H,12,13)(H,14,15);1H. The van der Waals surface area contributed by atoms with Gasteiger partial charge in [-0.3, -0.25) is 0 Å². The molecular weight excluding hydrogens is 273 g/mol. The van der Waals surface area contributed by atoms with Crippen LogP contribution in [0.4, 0.5) is 26.3 Å². The van der Waals surface area contributed by atoms with E-state index in [1.54, 1.807) is 0 Å². The molecule has 2 N–H and O–H groups in total. The zero-order chi connectivity index (χ0) is 12.7. The molecule has 0 aliphatic carbocycles. The third-order valence-corrected chi connectivity index (χ3v) is 1.33. The number of hydrogen-bond donors (Lipinski definition) is 2. The maximum Gasteiger partial charge on any atom is 0.411 e. The van der Waals surface area contributed by atoms with Crippen LogP contribution in [0.2, 0.25) is 0 Å². The van der Waals surface area contributed by atoms with E-state index in [9.17, 15) is 35.9 Å². The van der Waals surface area contributed by atoms with Gasteiger partial charge >= 0.3 is 29.7 Å². The van der Waals surface area contributed by atoms with E-state index >= 15 is 0 Å². The van der Waals surface area contributed by atoms with E-state index in [2.05, 4.69) is 0 Å². The van der Waals surface area contributed by atoms with Crippen molar-refractivity contribution in [2.45, 2.75) is 17.8 Å². The number of rotatable bonds is 4. The van der Waals surface area contributed by atoms with E-state index in [4.69, 9.17) is 10.2 Å². The van der Waals surface area contributed by atoms with Crippen LogP contribution in [0.1, 0.15) is 0 Å². The maximum absolute atomic E-state index is 12.2. The number of hydrogen-bond acceptors (Lipinski definition) is 2. The van der Waals surface area contributed by atoms with Crippen LogP contribution in [0.25, 0.3) is 0 Å². The third-order valence-electron chi connectivity index (χ3n) is 1.33. The van der Waals surface area contributed by atoms with E-state index in [-0.39, 0.29) is 12.4 Å². The van der Waals surface area contributed by atoms with Gasteiger partial charge in [0.05, 0.1) is 0 Å². The first-order valence-electron chi connectivity index (χ1n) is 2.99. The Morgan fingerprint density at radius 2 is 0.938 bits per heavy atom. The van der Waals surface area contributed by atoms with Crippen molar-refractivity contribution >= 4 is 24.3 Å². The van der Waals surface area contributed by atoms with Gasteiger partial charge < -0.3 is 10.2 Å². The van der Waals surface area contributed by atoms with Crippen LogP contribution in [-0.2, 0) is 9.59 Å². The largest absolute Gasteiger partial charge is 0.477 e. The van der Waals surface area contributed by atoms with Crippen LogP contribution in [0.15, 0.2) is 0 Å². The van der Waals surface area contributed by atoms with E-state index in [1.165, 1.54) is 0 Å². The highest BCUT2D eigenvalue weighted by atomic mass is 35.5. The third kappa shape index (κ3) is 2.15. The summed E-state index contributed by atoms with van der Waals surface area (Å²) >= 11 is 0. The molecule has 16 heavy (non-hydrogen) atoms. The normalized spacial score (nSPS) is 12.9. The van der Waals surface area contributed by atoms with Gasteiger partial charge in [-0.15, -0.1) is 12.4 Å². The van der Waals surface area contributed by atoms with E-state index in [1.807, 2.05) is 0 Å². The molecule has 0 aliphatic rings. The molecule has 0 aliphatic heterocycles. The Morgan fingerprint density at radius 1 is 0.750 bits per heavy atom. The highest BCUT2D eigenvalue weighted by Crippen LogP contribution is 2.45. The molecule has 0 bridgehead atoms. The van der Waals surface area contributed by atoms with Crippen LogP contribution in [0, 0.1) is 0 Å². The highest BCUT2D eigenvalue weighted by Gasteiger charge is 2.78. The zero-order valence-corrected chi connectivity index (χ0v) is 7.70. The number of halogens is 7. The molecule has 0 fully saturated rings. The molecule has 0 spiro atoms. The predicted molar refractivity (Wildman–Crippen MR) is 37.4 cm³/mol. The molecule has 4 nitrogen and oxygen atoms in total. The summed E-state index contributed by atoms with van der Waals surface area (Å²) < 4.78 is 72.8. The maximum atomic E-state index is 12.2. The van der Waals surface area contributed by atoms with Crippen LogP contribution in [0.3, 0.4) is 0 Å². The summed E-state index contributed by atoms with van der Waals surface area (Å²) in [7, 11) is 0. The van der Waals surface area contributed by atoms with Gasteiger partial charge in [0.25, 0.3) is 0 Å². The fourth-order valence-electron chi connectivity index (χ4n) is 0.466. The first-order chi connectivity index (χ1) is 6.39. The average molecular weight is 277 g/mol. The summed E-state index contributed by atoms with van der Waals surface area (Å²) in [5.74, 6) is -26.0. The SMILES string of the molecule is Cl.O=C(O)C(F)(F)C(F)(F)C(F)(F)C(=O)O. The fraction of sp³-hybridized carbons (Fsp3) is 0.600. The Balaban J connectivity index is 0. The second kappa shape index (κ2) is 4.36. The summed E-state index contributed by atoms with van der Waals surface area (Å²) in [4.78, 5) is 19.2. The minimum Gasteiger partial charge on any atom is -0.477 e. The van der Waals surface area contributed by atoms with E-state index in [0.717, 1.165) is 0 Å². The van der Waals surface area contributed by atoms with E-state index < -0.39 is 29.7 Å². The minimum atomic E-state index is -6.53. The average Bonchev–Trinajstić information content (AvgIpc) is 2.02. The van der Waals surface area contributed by atoms with Crippen LogP contribution >= 0.6 is 12.4 Å². The second-order valence-electron chi connectivity index (χ2n) is 2.33. The van der Waals surface area contributed by atoms with Crippen molar-refractivity contribution in [1.29, 1.82) is 0 Å². The van der Waals surface area contributed by atoms with E-state index in [0.29, 0.717) is 0 Å². The fourth-order valence-corrected chi connectivity index (χ4v) is 0.466. The van der Waals surface area contributed by atoms with Gasteiger partial charge in [0.15, 0.2) is 0 Å². The molecule has 11 heteroatoms. The summed E-state index contributed by atoms with van der Waals surface area (Å²) in [5, 5.41) is 15.1. The van der Waals surface area contributed by atoms with Crippen molar-refractivity contribution in [2.24, 2.45) is 0 Å². The second-order valence-corrected chi connectivity index (χ2v) is 2.33. The monoisotopic (exact) mass is 276 g/mol. The molecule has 0 heterocycles. The number of alkyl halides is 6. The lowest BCUT2D eigenvalue weighted by molar-refractivity contribution is -0.298. The van der Waals surface area contributed by atoms with Crippen LogP contribution < -0.4 is 0 Å². The molecule has 0 amide bonds. The molecule has 0 aromatic rings. The van der Waals surface area contributed by atoms with Gasteiger partial charge in [-0.25, -0.2) is 9.59 Å². The Bertz CT molecular complexity index is 275. The summed E-state index contributed by atoms with van der Waals surface area (Å²) in [5.41, 5.74) is 0. The first kappa shape index (κ1) is 17.2. The zero-order valence-electron chi connectivity index (χ0n) is 6.89. The lowest BCUT2D eigenvalue weighted by Gasteiger charge is -2.27. The Kier molecular flexibility index (Phi) is 4.69. The van der Waals surface area contributed by atoms with Crippen molar-refractivity contribution in [2.75, 3.05) is 0 Å². The molecule has 0 radical (unpaired) electrons. The smallest absolute Gasteiger partial charge is 0.411 e. The molecule has 0 rings (SSSR count). The molecule has 0 aromatic carbocycles. The first-order valence-corrected chi connectivity index (χ1v) is 2.99. The van der Waals surface area contributed by atoms with Gasteiger partial charge in [-0.2, -0.15) is 26.3 Å². The molecular formula is C5H3ClF6O4. The van der Waals surface area contributed by atoms with Crippen molar-refractivity contribution in [3.63, 3.8) is 0 Å². The van der Waals surface area contributed by atoms with Gasteiger partial charge in [0, 0.05) is 0 Å². The summed E-state index contributed by atoms with van der Waals surface area (Å²) in [6, 6.07) is 0. The van der Waals surface area contributed by atoms with Crippen molar-refractivity contribution in [1.82, 2.24) is 0 Å². The van der Waals surface area contributed by atoms with Crippen molar-refractivity contribution < 1.29 is 46.1 Å². The Hall–Kier alpha value is -1.19. The number of carboxylic acid groups (broad SMARTS) is 2. The number of carboxylic acids is 2. The van der Waals surface area contributed by atoms with Crippen molar-refractivity contribution in [3.8, 4) is 0 Å². The molecule has 0 unspecified atom stereocenters. The number of carbonyl (C=O) groups is 2. The Morgan fingerprint density at radius 3 is 1.06 bits per heavy atom. The van der Waals surface area contributed by atoms with Crippen molar-refractivity contribution in [3.05, 3.63) is 0 Å². The van der Waals surface area contributed by atoms with Crippen LogP contribution in [-0.4, -0.2) is 39.9 Å². The molecule has 0 aromatic heterocycles. The van der Waals surface area contributed by atoms with Gasteiger partial charge in [-0.05, 0) is 0 Å². The Labute approximate surface area is 89.3 Å². The minimum absolute atomic E-state index is 0. The lowest BCUT2D eigenvalue weighted by Crippen LogP contribution is -2.60. The quantitative estimate of drug-likeness (QED) is 0.763. The molecule has 0 saturated heterocycles.